The fraction of sp³-hybridized carbons (Fsp3) is 0.294. The third-order valence-electron chi connectivity index (χ3n) is 3.42. The zero-order valence-corrected chi connectivity index (χ0v) is 12.2. The molecule has 0 amide bonds. The minimum absolute atomic E-state index is 0.259. The van der Waals surface area contributed by atoms with Crippen molar-refractivity contribution in [2.24, 2.45) is 5.73 Å². The Morgan fingerprint density at radius 2 is 1.79 bits per heavy atom. The molecule has 1 atom stereocenters. The Morgan fingerprint density at radius 1 is 1.11 bits per heavy atom. The highest BCUT2D eigenvalue weighted by molar-refractivity contribution is 6.31. The Bertz CT molecular complexity index is 544. The number of hydrogen-bond donors (Lipinski definition) is 1. The van der Waals surface area contributed by atoms with Crippen molar-refractivity contribution in [2.45, 2.75) is 32.7 Å². The summed E-state index contributed by atoms with van der Waals surface area (Å²) in [6.45, 7) is 4.10. The second-order valence-corrected chi connectivity index (χ2v) is 5.53. The SMILES string of the molecule is Cc1c(Cl)cccc1-c1ccc(CCC(C)N)cc1. The summed E-state index contributed by atoms with van der Waals surface area (Å²) in [5.41, 5.74) is 10.7. The van der Waals surface area contributed by atoms with Crippen LogP contribution >= 0.6 is 11.6 Å². The highest BCUT2D eigenvalue weighted by Gasteiger charge is 2.05. The van der Waals surface area contributed by atoms with Crippen LogP contribution in [0.5, 0.6) is 0 Å². The zero-order valence-electron chi connectivity index (χ0n) is 11.5. The van der Waals surface area contributed by atoms with Gasteiger partial charge in [-0.1, -0.05) is 48.0 Å². The molecule has 2 rings (SSSR count). The van der Waals surface area contributed by atoms with Crippen LogP contribution in [0.15, 0.2) is 42.5 Å². The summed E-state index contributed by atoms with van der Waals surface area (Å²) in [6, 6.07) is 15.0. The maximum Gasteiger partial charge on any atom is 0.0441 e. The largest absolute Gasteiger partial charge is 0.328 e. The topological polar surface area (TPSA) is 26.0 Å². The van der Waals surface area contributed by atoms with Crippen LogP contribution in [0.2, 0.25) is 5.02 Å². The van der Waals surface area contributed by atoms with Crippen molar-refractivity contribution in [3.8, 4) is 11.1 Å². The Balaban J connectivity index is 2.20. The number of rotatable bonds is 4. The summed E-state index contributed by atoms with van der Waals surface area (Å²) in [6.07, 6.45) is 2.06. The van der Waals surface area contributed by atoms with E-state index in [0.717, 1.165) is 23.4 Å². The van der Waals surface area contributed by atoms with Gasteiger partial charge in [-0.15, -0.1) is 0 Å². The summed E-state index contributed by atoms with van der Waals surface area (Å²) in [7, 11) is 0. The van der Waals surface area contributed by atoms with Gasteiger partial charge in [-0.3, -0.25) is 0 Å². The fourth-order valence-electron chi connectivity index (χ4n) is 2.17. The molecule has 2 N–H and O–H groups in total. The van der Waals surface area contributed by atoms with E-state index in [1.807, 2.05) is 19.1 Å². The molecule has 0 saturated heterocycles. The molecule has 0 bridgehead atoms. The Kier molecular flexibility index (Phi) is 4.62. The van der Waals surface area contributed by atoms with Crippen LogP contribution in [0, 0.1) is 6.92 Å². The lowest BCUT2D eigenvalue weighted by Crippen LogP contribution is -2.15. The fourth-order valence-corrected chi connectivity index (χ4v) is 2.34. The van der Waals surface area contributed by atoms with E-state index in [-0.39, 0.29) is 6.04 Å². The number of nitrogens with two attached hydrogens (primary N) is 1. The van der Waals surface area contributed by atoms with Crippen LogP contribution in [0.1, 0.15) is 24.5 Å². The van der Waals surface area contributed by atoms with Crippen LogP contribution in [0.25, 0.3) is 11.1 Å². The van der Waals surface area contributed by atoms with Crippen LogP contribution in [0.4, 0.5) is 0 Å². The number of hydrogen-bond acceptors (Lipinski definition) is 1. The van der Waals surface area contributed by atoms with Crippen molar-refractivity contribution in [3.05, 3.63) is 58.6 Å². The van der Waals surface area contributed by atoms with Gasteiger partial charge in [0.25, 0.3) is 0 Å². The second kappa shape index (κ2) is 6.23. The summed E-state index contributed by atoms with van der Waals surface area (Å²) in [4.78, 5) is 0. The molecule has 0 radical (unpaired) electrons. The predicted octanol–water partition coefficient (Wildman–Crippen LogP) is 4.60. The lowest BCUT2D eigenvalue weighted by atomic mass is 9.98. The van der Waals surface area contributed by atoms with Crippen molar-refractivity contribution in [1.29, 1.82) is 0 Å². The molecule has 1 nitrogen and oxygen atoms in total. The summed E-state index contributed by atoms with van der Waals surface area (Å²) in [5.74, 6) is 0. The third-order valence-corrected chi connectivity index (χ3v) is 3.83. The molecule has 2 aromatic rings. The van der Waals surface area contributed by atoms with E-state index in [1.54, 1.807) is 0 Å². The van der Waals surface area contributed by atoms with Gasteiger partial charge in [0.2, 0.25) is 0 Å². The van der Waals surface area contributed by atoms with Gasteiger partial charge in [0.15, 0.2) is 0 Å². The van der Waals surface area contributed by atoms with Crippen LogP contribution in [0.3, 0.4) is 0 Å². The van der Waals surface area contributed by atoms with E-state index in [0.29, 0.717) is 0 Å². The van der Waals surface area contributed by atoms with Gasteiger partial charge in [-0.25, -0.2) is 0 Å². The zero-order chi connectivity index (χ0) is 13.8. The highest BCUT2D eigenvalue weighted by atomic mass is 35.5. The van der Waals surface area contributed by atoms with Gasteiger partial charge >= 0.3 is 0 Å². The molecule has 19 heavy (non-hydrogen) atoms. The first kappa shape index (κ1) is 14.1. The monoisotopic (exact) mass is 273 g/mol. The second-order valence-electron chi connectivity index (χ2n) is 5.13. The first-order valence-electron chi connectivity index (χ1n) is 6.68. The highest BCUT2D eigenvalue weighted by Crippen LogP contribution is 2.28. The van der Waals surface area contributed by atoms with Gasteiger partial charge < -0.3 is 5.73 Å². The average molecular weight is 274 g/mol. The minimum Gasteiger partial charge on any atom is -0.328 e. The minimum atomic E-state index is 0.259. The quantitative estimate of drug-likeness (QED) is 0.866. The molecule has 0 aromatic heterocycles. The van der Waals surface area contributed by atoms with E-state index in [9.17, 15) is 0 Å². The third kappa shape index (κ3) is 3.59. The van der Waals surface area contributed by atoms with E-state index in [4.69, 9.17) is 17.3 Å². The first-order valence-corrected chi connectivity index (χ1v) is 7.05. The molecule has 100 valence electrons. The van der Waals surface area contributed by atoms with Crippen molar-refractivity contribution >= 4 is 11.6 Å². The smallest absolute Gasteiger partial charge is 0.0441 e. The normalized spacial score (nSPS) is 12.4. The molecular weight excluding hydrogens is 254 g/mol. The van der Waals surface area contributed by atoms with Crippen molar-refractivity contribution in [1.82, 2.24) is 0 Å². The molecule has 2 aromatic carbocycles. The summed E-state index contributed by atoms with van der Waals surface area (Å²) < 4.78 is 0. The molecule has 0 fully saturated rings. The lowest BCUT2D eigenvalue weighted by Gasteiger charge is -2.09. The summed E-state index contributed by atoms with van der Waals surface area (Å²) in [5, 5.41) is 0.818. The molecule has 0 aliphatic carbocycles. The van der Waals surface area contributed by atoms with Gasteiger partial charge in [0.05, 0.1) is 0 Å². The molecule has 0 aliphatic rings. The Hall–Kier alpha value is -1.31. The first-order chi connectivity index (χ1) is 9.08. The van der Waals surface area contributed by atoms with Crippen LogP contribution in [-0.2, 0) is 6.42 Å². The van der Waals surface area contributed by atoms with E-state index < -0.39 is 0 Å². The van der Waals surface area contributed by atoms with Crippen LogP contribution in [-0.4, -0.2) is 6.04 Å². The molecule has 0 spiro atoms. The Morgan fingerprint density at radius 3 is 2.42 bits per heavy atom. The predicted molar refractivity (Wildman–Crippen MR) is 83.6 cm³/mol. The molecule has 0 heterocycles. The van der Waals surface area contributed by atoms with Gasteiger partial charge in [0.1, 0.15) is 0 Å². The van der Waals surface area contributed by atoms with Crippen molar-refractivity contribution in [2.75, 3.05) is 0 Å². The molecule has 1 unspecified atom stereocenters. The van der Waals surface area contributed by atoms with Gasteiger partial charge in [-0.2, -0.15) is 0 Å². The van der Waals surface area contributed by atoms with E-state index >= 15 is 0 Å². The molecule has 0 aliphatic heterocycles. The Labute approximate surface area is 120 Å². The number of aryl methyl sites for hydroxylation is 1. The number of halogens is 1. The van der Waals surface area contributed by atoms with Gasteiger partial charge in [0, 0.05) is 11.1 Å². The van der Waals surface area contributed by atoms with Gasteiger partial charge in [-0.05, 0) is 55.0 Å². The number of benzene rings is 2. The molecule has 2 heteroatoms. The summed E-state index contributed by atoms with van der Waals surface area (Å²) >= 11 is 6.17. The molecular formula is C17H20ClN. The van der Waals surface area contributed by atoms with E-state index in [2.05, 4.69) is 37.3 Å². The maximum absolute atomic E-state index is 6.17. The van der Waals surface area contributed by atoms with Crippen molar-refractivity contribution < 1.29 is 0 Å². The van der Waals surface area contributed by atoms with Crippen LogP contribution < -0.4 is 5.73 Å². The lowest BCUT2D eigenvalue weighted by molar-refractivity contribution is 0.666. The molecule has 0 saturated carbocycles. The van der Waals surface area contributed by atoms with Crippen molar-refractivity contribution in [3.63, 3.8) is 0 Å². The maximum atomic E-state index is 6.17. The van der Waals surface area contributed by atoms with E-state index in [1.165, 1.54) is 16.7 Å². The average Bonchev–Trinajstić information content (AvgIpc) is 2.40. The standard InChI is InChI=1S/C17H20ClN/c1-12(19)6-7-14-8-10-15(11-9-14)16-4-3-5-17(18)13(16)2/h3-5,8-12H,6-7,19H2,1-2H3.